The Balaban J connectivity index is 0.000000236. The molecule has 5 aromatic rings. The van der Waals surface area contributed by atoms with Crippen LogP contribution in [0, 0.1) is 0 Å². The molecule has 5 rings (SSSR count). The summed E-state index contributed by atoms with van der Waals surface area (Å²) >= 11 is 3.46. The molecule has 0 N–H and O–H groups in total. The Morgan fingerprint density at radius 3 is 2.23 bits per heavy atom. The smallest absolute Gasteiger partial charge is 0.0880 e. The Morgan fingerprint density at radius 2 is 1.57 bits per heavy atom. The van der Waals surface area contributed by atoms with E-state index in [4.69, 9.17) is 9.73 Å². The standard InChI is InChI=1S/C15H17NOS.C13H9NS.2CH4/c1-12(17-2)11-16-15(14-9-6-10-18-14)13-7-4-3-5-8-13;1-2-4-10(5-3-1)12-13-11(6-8-14-12)7-9-15-13;;/h3-10,12H,11H2,1-2H3;1-9H;2*1H4. The van der Waals surface area contributed by atoms with Gasteiger partial charge in [-0.15, -0.1) is 22.7 Å². The van der Waals surface area contributed by atoms with Gasteiger partial charge in [0.15, 0.2) is 0 Å². The zero-order valence-corrected chi connectivity index (χ0v) is 20.4. The quantitative estimate of drug-likeness (QED) is 0.217. The Kier molecular flexibility index (Phi) is 11.5. The second-order valence-corrected chi connectivity index (χ2v) is 9.31. The van der Waals surface area contributed by atoms with Crippen LogP contribution >= 0.6 is 22.7 Å². The summed E-state index contributed by atoms with van der Waals surface area (Å²) in [6.07, 6.45) is 2.01. The first kappa shape index (κ1) is 28.1. The first-order valence-electron chi connectivity index (χ1n) is 10.8. The minimum absolute atomic E-state index is 0. The fourth-order valence-electron chi connectivity index (χ4n) is 3.31. The van der Waals surface area contributed by atoms with Crippen LogP contribution in [-0.4, -0.2) is 30.5 Å². The highest BCUT2D eigenvalue weighted by atomic mass is 32.1. The van der Waals surface area contributed by atoms with E-state index >= 15 is 0 Å². The average molecular weight is 503 g/mol. The topological polar surface area (TPSA) is 34.5 Å². The SMILES string of the molecule is C.C.COC(C)CN=C(c1ccccc1)c1cccs1.c1ccc(-c2nccc3ccsc23)cc1. The number of benzene rings is 2. The molecule has 0 radical (unpaired) electrons. The van der Waals surface area contributed by atoms with Crippen molar-refractivity contribution in [2.24, 2.45) is 4.99 Å². The number of thiophene rings is 2. The molecule has 5 heteroatoms. The summed E-state index contributed by atoms with van der Waals surface area (Å²) < 4.78 is 6.52. The zero-order valence-electron chi connectivity index (χ0n) is 18.7. The molecule has 35 heavy (non-hydrogen) atoms. The van der Waals surface area contributed by atoms with E-state index in [1.807, 2.05) is 49.5 Å². The Hall–Kier alpha value is -3.12. The highest BCUT2D eigenvalue weighted by molar-refractivity contribution is 7.17. The number of aromatic nitrogens is 1. The van der Waals surface area contributed by atoms with Gasteiger partial charge in [-0.3, -0.25) is 9.98 Å². The fourth-order valence-corrected chi connectivity index (χ4v) is 4.97. The maximum Gasteiger partial charge on any atom is 0.0880 e. The first-order valence-corrected chi connectivity index (χ1v) is 12.6. The van der Waals surface area contributed by atoms with E-state index in [-0.39, 0.29) is 21.0 Å². The maximum absolute atomic E-state index is 5.25. The van der Waals surface area contributed by atoms with E-state index in [0.717, 1.165) is 17.0 Å². The van der Waals surface area contributed by atoms with Crippen LogP contribution in [0.1, 0.15) is 32.2 Å². The van der Waals surface area contributed by atoms with Crippen LogP contribution < -0.4 is 0 Å². The maximum atomic E-state index is 5.25. The number of hydrogen-bond donors (Lipinski definition) is 0. The van der Waals surface area contributed by atoms with E-state index in [9.17, 15) is 0 Å². The molecule has 0 aliphatic heterocycles. The second kappa shape index (κ2) is 14.3. The minimum atomic E-state index is 0. The van der Waals surface area contributed by atoms with Crippen molar-refractivity contribution in [3.05, 3.63) is 112 Å². The molecule has 1 atom stereocenters. The molecule has 0 aliphatic rings. The van der Waals surface area contributed by atoms with Crippen LogP contribution in [0.2, 0.25) is 0 Å². The number of methoxy groups -OCH3 is 1. The Labute approximate surface area is 217 Å². The molecular formula is C30H34N2OS2. The summed E-state index contributed by atoms with van der Waals surface area (Å²) in [6, 6.07) is 28.9. The molecule has 0 saturated heterocycles. The number of fused-ring (bicyclic) bond motifs is 1. The van der Waals surface area contributed by atoms with E-state index < -0.39 is 0 Å². The van der Waals surface area contributed by atoms with Gasteiger partial charge >= 0.3 is 0 Å². The lowest BCUT2D eigenvalue weighted by Crippen LogP contribution is -2.12. The van der Waals surface area contributed by atoms with Crippen molar-refractivity contribution in [3.63, 3.8) is 0 Å². The molecule has 0 saturated carbocycles. The monoisotopic (exact) mass is 502 g/mol. The Morgan fingerprint density at radius 1 is 0.857 bits per heavy atom. The molecular weight excluding hydrogens is 468 g/mol. The van der Waals surface area contributed by atoms with Gasteiger partial charge < -0.3 is 4.74 Å². The summed E-state index contributed by atoms with van der Waals surface area (Å²) in [5.41, 5.74) is 4.48. The summed E-state index contributed by atoms with van der Waals surface area (Å²) in [7, 11) is 1.72. The van der Waals surface area contributed by atoms with Crippen LogP contribution in [-0.2, 0) is 4.74 Å². The van der Waals surface area contributed by atoms with Gasteiger partial charge in [0.2, 0.25) is 0 Å². The molecule has 2 aromatic carbocycles. The lowest BCUT2D eigenvalue weighted by Gasteiger charge is -2.08. The number of rotatable bonds is 6. The lowest BCUT2D eigenvalue weighted by atomic mass is 10.1. The molecule has 3 heterocycles. The van der Waals surface area contributed by atoms with Gasteiger partial charge in [-0.05, 0) is 41.3 Å². The molecule has 3 aromatic heterocycles. The van der Waals surface area contributed by atoms with Gasteiger partial charge in [-0.25, -0.2) is 0 Å². The molecule has 0 bridgehead atoms. The zero-order chi connectivity index (χ0) is 22.9. The van der Waals surface area contributed by atoms with Crippen molar-refractivity contribution in [1.82, 2.24) is 4.98 Å². The van der Waals surface area contributed by atoms with E-state index in [1.54, 1.807) is 29.8 Å². The highest BCUT2D eigenvalue weighted by Crippen LogP contribution is 2.30. The number of pyridine rings is 1. The Bertz CT molecular complexity index is 1280. The van der Waals surface area contributed by atoms with Crippen molar-refractivity contribution in [2.45, 2.75) is 27.9 Å². The third-order valence-electron chi connectivity index (χ3n) is 5.13. The van der Waals surface area contributed by atoms with Gasteiger partial charge in [-0.1, -0.05) is 81.6 Å². The number of nitrogens with zero attached hydrogens (tertiary/aromatic N) is 2. The van der Waals surface area contributed by atoms with Gasteiger partial charge in [0, 0.05) is 24.4 Å². The largest absolute Gasteiger partial charge is 0.380 e. The average Bonchev–Trinajstić information content (AvgIpc) is 3.58. The molecule has 0 fully saturated rings. The van der Waals surface area contributed by atoms with Crippen LogP contribution in [0.3, 0.4) is 0 Å². The molecule has 0 amide bonds. The van der Waals surface area contributed by atoms with Crippen molar-refractivity contribution < 1.29 is 4.74 Å². The van der Waals surface area contributed by atoms with Crippen LogP contribution in [0.5, 0.6) is 0 Å². The number of hydrogen-bond acceptors (Lipinski definition) is 5. The van der Waals surface area contributed by atoms with Crippen molar-refractivity contribution in [2.75, 3.05) is 13.7 Å². The highest BCUT2D eigenvalue weighted by Gasteiger charge is 2.08. The third-order valence-corrected chi connectivity index (χ3v) is 6.94. The summed E-state index contributed by atoms with van der Waals surface area (Å²) in [4.78, 5) is 10.4. The van der Waals surface area contributed by atoms with Gasteiger partial charge in [-0.2, -0.15) is 0 Å². The second-order valence-electron chi connectivity index (χ2n) is 7.44. The van der Waals surface area contributed by atoms with Crippen molar-refractivity contribution in [1.29, 1.82) is 0 Å². The van der Waals surface area contributed by atoms with Crippen molar-refractivity contribution >= 4 is 38.5 Å². The van der Waals surface area contributed by atoms with Crippen LogP contribution in [0.15, 0.2) is 107 Å². The summed E-state index contributed by atoms with van der Waals surface area (Å²) in [6.45, 7) is 2.71. The predicted octanol–water partition coefficient (Wildman–Crippen LogP) is 8.86. The van der Waals surface area contributed by atoms with Crippen LogP contribution in [0.25, 0.3) is 21.3 Å². The predicted molar refractivity (Wildman–Crippen MR) is 156 cm³/mol. The molecule has 0 spiro atoms. The normalized spacial score (nSPS) is 11.5. The van der Waals surface area contributed by atoms with E-state index in [2.05, 4.69) is 64.3 Å². The van der Waals surface area contributed by atoms with Crippen LogP contribution in [0.4, 0.5) is 0 Å². The molecule has 182 valence electrons. The number of aliphatic imine (C=N–C) groups is 1. The van der Waals surface area contributed by atoms with E-state index in [0.29, 0.717) is 6.54 Å². The molecule has 0 aliphatic carbocycles. The summed E-state index contributed by atoms with van der Waals surface area (Å²) in [5.74, 6) is 0. The van der Waals surface area contributed by atoms with Gasteiger partial charge in [0.05, 0.1) is 33.6 Å². The van der Waals surface area contributed by atoms with Crippen molar-refractivity contribution in [3.8, 4) is 11.3 Å². The molecule has 1 unspecified atom stereocenters. The van der Waals surface area contributed by atoms with Gasteiger partial charge in [0.1, 0.15) is 0 Å². The van der Waals surface area contributed by atoms with Gasteiger partial charge in [0.25, 0.3) is 0 Å². The minimum Gasteiger partial charge on any atom is -0.380 e. The summed E-state index contributed by atoms with van der Waals surface area (Å²) in [5, 5.41) is 5.46. The first-order chi connectivity index (χ1) is 16.3. The molecule has 3 nitrogen and oxygen atoms in total. The third kappa shape index (κ3) is 7.43. The number of ether oxygens (including phenoxy) is 1. The lowest BCUT2D eigenvalue weighted by molar-refractivity contribution is 0.126. The van der Waals surface area contributed by atoms with E-state index in [1.165, 1.54) is 20.5 Å². The fraction of sp³-hybridized carbons (Fsp3) is 0.200.